The van der Waals surface area contributed by atoms with Crippen LogP contribution in [0.2, 0.25) is 0 Å². The molecule has 3 rings (SSSR count). The summed E-state index contributed by atoms with van der Waals surface area (Å²) in [5.41, 5.74) is 0.821. The van der Waals surface area contributed by atoms with Crippen molar-refractivity contribution in [1.82, 2.24) is 4.90 Å². The Bertz CT molecular complexity index is 1040. The van der Waals surface area contributed by atoms with Crippen molar-refractivity contribution in [3.05, 3.63) is 64.3 Å². The number of carbonyl (C=O) groups is 3. The molecular formula is C22H20FNO6S. The molecule has 2 aromatic carbocycles. The summed E-state index contributed by atoms with van der Waals surface area (Å²) in [5.74, 6) is -0.833. The molecule has 0 unspecified atom stereocenters. The van der Waals surface area contributed by atoms with Gasteiger partial charge in [-0.05, 0) is 48.5 Å². The van der Waals surface area contributed by atoms with E-state index in [0.29, 0.717) is 11.3 Å². The number of thioether (sulfide) groups is 1. The van der Waals surface area contributed by atoms with Gasteiger partial charge in [0, 0.05) is 5.56 Å². The number of amides is 2. The van der Waals surface area contributed by atoms with Crippen LogP contribution in [0.1, 0.15) is 18.1 Å². The van der Waals surface area contributed by atoms with Crippen LogP contribution in [0.25, 0.3) is 6.08 Å². The number of esters is 1. The minimum Gasteiger partial charge on any atom is -0.493 e. The molecule has 0 radical (unpaired) electrons. The average Bonchev–Trinajstić information content (AvgIpc) is 3.01. The van der Waals surface area contributed by atoms with Crippen molar-refractivity contribution in [1.29, 1.82) is 0 Å². The molecule has 1 aliphatic rings. The first kappa shape index (κ1) is 22.4. The highest BCUT2D eigenvalue weighted by molar-refractivity contribution is 8.18. The molecule has 0 bridgehead atoms. The van der Waals surface area contributed by atoms with E-state index in [0.717, 1.165) is 16.7 Å². The number of imide groups is 1. The molecule has 9 heteroatoms. The van der Waals surface area contributed by atoms with E-state index in [1.807, 2.05) is 0 Å². The predicted molar refractivity (Wildman–Crippen MR) is 113 cm³/mol. The third-order valence-corrected chi connectivity index (χ3v) is 5.20. The Morgan fingerprint density at radius 1 is 1.16 bits per heavy atom. The molecule has 2 amide bonds. The summed E-state index contributed by atoms with van der Waals surface area (Å²) in [6.45, 7) is 1.48. The Kier molecular flexibility index (Phi) is 7.30. The average molecular weight is 445 g/mol. The molecule has 1 aliphatic heterocycles. The molecule has 0 spiro atoms. The van der Waals surface area contributed by atoms with Crippen molar-refractivity contribution in [3.63, 3.8) is 0 Å². The summed E-state index contributed by atoms with van der Waals surface area (Å²) in [6, 6.07) is 10.9. The number of nitrogens with zero attached hydrogens (tertiary/aromatic N) is 1. The molecule has 7 nitrogen and oxygen atoms in total. The van der Waals surface area contributed by atoms with Gasteiger partial charge in [0.2, 0.25) is 0 Å². The first-order chi connectivity index (χ1) is 14.9. The Morgan fingerprint density at radius 2 is 1.94 bits per heavy atom. The quantitative estimate of drug-likeness (QED) is 0.448. The van der Waals surface area contributed by atoms with Gasteiger partial charge in [0.05, 0.1) is 25.2 Å². The second-order valence-corrected chi connectivity index (χ2v) is 7.36. The van der Waals surface area contributed by atoms with Gasteiger partial charge in [0.25, 0.3) is 11.1 Å². The standard InChI is InChI=1S/C22H20FNO6S/c1-3-29-20(25)13-30-18-10-14(8-9-17(18)28-2)11-19-21(26)24(22(27)31-19)12-15-6-4-5-7-16(15)23/h4-11H,3,12-13H2,1-2H3/b19-11-. The van der Waals surface area contributed by atoms with E-state index in [1.165, 1.54) is 31.4 Å². The van der Waals surface area contributed by atoms with Gasteiger partial charge in [-0.1, -0.05) is 24.3 Å². The molecule has 31 heavy (non-hydrogen) atoms. The van der Waals surface area contributed by atoms with Crippen LogP contribution in [0.15, 0.2) is 47.4 Å². The fraction of sp³-hybridized carbons (Fsp3) is 0.227. The number of halogens is 1. The van der Waals surface area contributed by atoms with Gasteiger partial charge >= 0.3 is 5.97 Å². The summed E-state index contributed by atoms with van der Waals surface area (Å²) in [7, 11) is 1.46. The highest BCUT2D eigenvalue weighted by atomic mass is 32.2. The molecule has 0 aromatic heterocycles. The maximum atomic E-state index is 13.9. The zero-order valence-corrected chi connectivity index (χ0v) is 17.7. The molecule has 162 valence electrons. The number of rotatable bonds is 8. The third kappa shape index (κ3) is 5.43. The van der Waals surface area contributed by atoms with E-state index < -0.39 is 22.9 Å². The van der Waals surface area contributed by atoms with Crippen LogP contribution in [0.4, 0.5) is 9.18 Å². The van der Waals surface area contributed by atoms with Crippen LogP contribution in [-0.4, -0.2) is 42.3 Å². The summed E-state index contributed by atoms with van der Waals surface area (Å²) >= 11 is 0.772. The van der Waals surface area contributed by atoms with Crippen LogP contribution in [0, 0.1) is 5.82 Å². The predicted octanol–water partition coefficient (Wildman–Crippen LogP) is 4.01. The van der Waals surface area contributed by atoms with Crippen LogP contribution in [0.5, 0.6) is 11.5 Å². The van der Waals surface area contributed by atoms with Crippen molar-refractivity contribution in [2.24, 2.45) is 0 Å². The monoisotopic (exact) mass is 445 g/mol. The minimum atomic E-state index is -0.524. The van der Waals surface area contributed by atoms with Crippen LogP contribution >= 0.6 is 11.8 Å². The van der Waals surface area contributed by atoms with Crippen LogP contribution in [0.3, 0.4) is 0 Å². The number of benzene rings is 2. The van der Waals surface area contributed by atoms with Gasteiger partial charge in [-0.2, -0.15) is 0 Å². The second-order valence-electron chi connectivity index (χ2n) is 6.36. The first-order valence-corrected chi connectivity index (χ1v) is 10.2. The van der Waals surface area contributed by atoms with Gasteiger partial charge < -0.3 is 14.2 Å². The summed E-state index contributed by atoms with van der Waals surface area (Å²) < 4.78 is 29.4. The van der Waals surface area contributed by atoms with E-state index in [1.54, 1.807) is 31.2 Å². The van der Waals surface area contributed by atoms with Crippen molar-refractivity contribution in [2.75, 3.05) is 20.3 Å². The Hall–Kier alpha value is -3.33. The van der Waals surface area contributed by atoms with E-state index in [4.69, 9.17) is 14.2 Å². The lowest BCUT2D eigenvalue weighted by Gasteiger charge is -2.13. The molecule has 1 fully saturated rings. The molecule has 2 aromatic rings. The third-order valence-electron chi connectivity index (χ3n) is 4.30. The molecule has 0 atom stereocenters. The Labute approximate surface area is 182 Å². The number of hydrogen-bond acceptors (Lipinski definition) is 7. The fourth-order valence-corrected chi connectivity index (χ4v) is 3.66. The van der Waals surface area contributed by atoms with Crippen LogP contribution < -0.4 is 9.47 Å². The molecule has 0 N–H and O–H groups in total. The lowest BCUT2D eigenvalue weighted by molar-refractivity contribution is -0.145. The van der Waals surface area contributed by atoms with Crippen molar-refractivity contribution >= 4 is 35.0 Å². The lowest BCUT2D eigenvalue weighted by atomic mass is 10.1. The fourth-order valence-electron chi connectivity index (χ4n) is 2.82. The van der Waals surface area contributed by atoms with E-state index >= 15 is 0 Å². The normalized spacial score (nSPS) is 14.8. The summed E-state index contributed by atoms with van der Waals surface area (Å²) in [6.07, 6.45) is 1.53. The zero-order valence-electron chi connectivity index (χ0n) is 16.9. The molecule has 0 aliphatic carbocycles. The Balaban J connectivity index is 1.78. The lowest BCUT2D eigenvalue weighted by Crippen LogP contribution is -2.27. The topological polar surface area (TPSA) is 82.1 Å². The SMILES string of the molecule is CCOC(=O)COc1cc(/C=C2\SC(=O)N(Cc3ccccc3F)C2=O)ccc1OC. The Morgan fingerprint density at radius 3 is 2.65 bits per heavy atom. The molecular weight excluding hydrogens is 425 g/mol. The molecule has 1 saturated heterocycles. The summed E-state index contributed by atoms with van der Waals surface area (Å²) in [4.78, 5) is 37.8. The van der Waals surface area contributed by atoms with E-state index in [9.17, 15) is 18.8 Å². The molecule has 0 saturated carbocycles. The van der Waals surface area contributed by atoms with Crippen molar-refractivity contribution in [2.45, 2.75) is 13.5 Å². The summed E-state index contributed by atoms with van der Waals surface area (Å²) in [5, 5.41) is -0.480. The van der Waals surface area contributed by atoms with E-state index in [2.05, 4.69) is 0 Å². The van der Waals surface area contributed by atoms with Gasteiger partial charge in [-0.15, -0.1) is 0 Å². The number of methoxy groups -OCH3 is 1. The van der Waals surface area contributed by atoms with Gasteiger partial charge in [-0.3, -0.25) is 14.5 Å². The van der Waals surface area contributed by atoms with Gasteiger partial charge in [-0.25, -0.2) is 9.18 Å². The zero-order chi connectivity index (χ0) is 22.4. The maximum Gasteiger partial charge on any atom is 0.344 e. The maximum absolute atomic E-state index is 13.9. The van der Waals surface area contributed by atoms with Gasteiger partial charge in [0.1, 0.15) is 5.82 Å². The second kappa shape index (κ2) is 10.1. The largest absolute Gasteiger partial charge is 0.493 e. The van der Waals surface area contributed by atoms with Crippen LogP contribution in [-0.2, 0) is 20.9 Å². The number of ether oxygens (including phenoxy) is 3. The smallest absolute Gasteiger partial charge is 0.344 e. The number of carbonyl (C=O) groups excluding carboxylic acids is 3. The van der Waals surface area contributed by atoms with Gasteiger partial charge in [0.15, 0.2) is 18.1 Å². The van der Waals surface area contributed by atoms with Crippen molar-refractivity contribution in [3.8, 4) is 11.5 Å². The van der Waals surface area contributed by atoms with Crippen molar-refractivity contribution < 1.29 is 33.0 Å². The highest BCUT2D eigenvalue weighted by Gasteiger charge is 2.35. The minimum absolute atomic E-state index is 0.148. The first-order valence-electron chi connectivity index (χ1n) is 9.38. The van der Waals surface area contributed by atoms with E-state index in [-0.39, 0.29) is 36.0 Å². The molecule has 1 heterocycles. The number of hydrogen-bond donors (Lipinski definition) is 0. The highest BCUT2D eigenvalue weighted by Crippen LogP contribution is 2.35.